The SMILES string of the molecule is CCS(=O)(=O)N[C@H]1CC[C@H](CC(=O)O)CC1. The fraction of sp³-hybridized carbons (Fsp3) is 0.900. The molecule has 0 saturated heterocycles. The Labute approximate surface area is 96.3 Å². The molecule has 0 aromatic heterocycles. The zero-order valence-electron chi connectivity index (χ0n) is 9.48. The summed E-state index contributed by atoms with van der Waals surface area (Å²) in [4.78, 5) is 10.5. The molecule has 0 aliphatic heterocycles. The van der Waals surface area contributed by atoms with E-state index < -0.39 is 16.0 Å². The first-order chi connectivity index (χ1) is 7.43. The molecular weight excluding hydrogens is 230 g/mol. The third-order valence-corrected chi connectivity index (χ3v) is 4.49. The van der Waals surface area contributed by atoms with Crippen molar-refractivity contribution in [3.05, 3.63) is 0 Å². The van der Waals surface area contributed by atoms with E-state index in [0.717, 1.165) is 25.7 Å². The minimum Gasteiger partial charge on any atom is -0.481 e. The number of hydrogen-bond acceptors (Lipinski definition) is 3. The van der Waals surface area contributed by atoms with Gasteiger partial charge < -0.3 is 5.11 Å². The highest BCUT2D eigenvalue weighted by Gasteiger charge is 2.25. The lowest BCUT2D eigenvalue weighted by atomic mass is 9.84. The van der Waals surface area contributed by atoms with Crippen molar-refractivity contribution < 1.29 is 18.3 Å². The Kier molecular flexibility index (Phi) is 4.73. The average molecular weight is 249 g/mol. The van der Waals surface area contributed by atoms with Crippen molar-refractivity contribution in [2.75, 3.05) is 5.75 Å². The van der Waals surface area contributed by atoms with E-state index in [9.17, 15) is 13.2 Å². The van der Waals surface area contributed by atoms with Crippen LogP contribution in [0.3, 0.4) is 0 Å². The number of nitrogens with one attached hydrogen (secondary N) is 1. The molecular formula is C10H19NO4S. The highest BCUT2D eigenvalue weighted by Crippen LogP contribution is 2.27. The van der Waals surface area contributed by atoms with Gasteiger partial charge in [-0.25, -0.2) is 13.1 Å². The van der Waals surface area contributed by atoms with E-state index in [2.05, 4.69) is 4.72 Å². The van der Waals surface area contributed by atoms with Crippen molar-refractivity contribution in [1.29, 1.82) is 0 Å². The van der Waals surface area contributed by atoms with E-state index in [-0.39, 0.29) is 24.1 Å². The summed E-state index contributed by atoms with van der Waals surface area (Å²) >= 11 is 0. The topological polar surface area (TPSA) is 83.5 Å². The zero-order valence-corrected chi connectivity index (χ0v) is 10.3. The largest absolute Gasteiger partial charge is 0.481 e. The van der Waals surface area contributed by atoms with E-state index in [1.165, 1.54) is 0 Å². The van der Waals surface area contributed by atoms with E-state index in [4.69, 9.17) is 5.11 Å². The Morgan fingerprint density at radius 2 is 1.88 bits per heavy atom. The Hall–Kier alpha value is -0.620. The molecule has 16 heavy (non-hydrogen) atoms. The molecule has 1 aliphatic rings. The van der Waals surface area contributed by atoms with Gasteiger partial charge in [0.25, 0.3) is 0 Å². The van der Waals surface area contributed by atoms with Crippen LogP contribution in [0.25, 0.3) is 0 Å². The predicted octanol–water partition coefficient (Wildman–Crippen LogP) is 0.959. The third kappa shape index (κ3) is 4.49. The van der Waals surface area contributed by atoms with Crippen molar-refractivity contribution in [3.8, 4) is 0 Å². The second kappa shape index (κ2) is 5.63. The summed E-state index contributed by atoms with van der Waals surface area (Å²) in [6.07, 6.45) is 3.29. The van der Waals surface area contributed by atoms with E-state index in [1.807, 2.05) is 0 Å². The van der Waals surface area contributed by atoms with Gasteiger partial charge in [-0.2, -0.15) is 0 Å². The van der Waals surface area contributed by atoms with Crippen LogP contribution in [0, 0.1) is 5.92 Å². The van der Waals surface area contributed by atoms with Gasteiger partial charge >= 0.3 is 5.97 Å². The van der Waals surface area contributed by atoms with Gasteiger partial charge in [0.1, 0.15) is 0 Å². The second-order valence-corrected chi connectivity index (χ2v) is 6.38. The summed E-state index contributed by atoms with van der Waals surface area (Å²) in [5.74, 6) is -0.459. The molecule has 0 heterocycles. The van der Waals surface area contributed by atoms with Crippen LogP contribution >= 0.6 is 0 Å². The van der Waals surface area contributed by atoms with Gasteiger partial charge in [0, 0.05) is 12.5 Å². The van der Waals surface area contributed by atoms with E-state index >= 15 is 0 Å². The van der Waals surface area contributed by atoms with Crippen molar-refractivity contribution in [2.24, 2.45) is 5.92 Å². The Balaban J connectivity index is 2.35. The Bertz CT molecular complexity index is 331. The summed E-state index contributed by atoms with van der Waals surface area (Å²) < 4.78 is 25.3. The standard InChI is InChI=1S/C10H19NO4S/c1-2-16(14,15)11-9-5-3-8(4-6-9)7-10(12)13/h8-9,11H,2-7H2,1H3,(H,12,13)/t8-,9-. The third-order valence-electron chi connectivity index (χ3n) is 3.04. The van der Waals surface area contributed by atoms with Crippen LogP contribution in [-0.2, 0) is 14.8 Å². The molecule has 0 radical (unpaired) electrons. The molecule has 5 nitrogen and oxygen atoms in total. The maximum Gasteiger partial charge on any atom is 0.303 e. The lowest BCUT2D eigenvalue weighted by Gasteiger charge is -2.27. The van der Waals surface area contributed by atoms with Crippen molar-refractivity contribution in [1.82, 2.24) is 4.72 Å². The van der Waals surface area contributed by atoms with Crippen LogP contribution < -0.4 is 4.72 Å². The number of rotatable bonds is 5. The van der Waals surface area contributed by atoms with Crippen LogP contribution in [0.2, 0.25) is 0 Å². The van der Waals surface area contributed by atoms with Gasteiger partial charge in [-0.3, -0.25) is 4.79 Å². The Morgan fingerprint density at radius 3 is 2.31 bits per heavy atom. The van der Waals surface area contributed by atoms with E-state index in [1.54, 1.807) is 6.92 Å². The van der Waals surface area contributed by atoms with Crippen molar-refractivity contribution >= 4 is 16.0 Å². The second-order valence-electron chi connectivity index (χ2n) is 4.34. The molecule has 1 saturated carbocycles. The van der Waals surface area contributed by atoms with Gasteiger partial charge in [0.15, 0.2) is 0 Å². The van der Waals surface area contributed by atoms with Crippen molar-refractivity contribution in [2.45, 2.75) is 45.1 Å². The summed E-state index contributed by atoms with van der Waals surface area (Å²) in [5, 5.41) is 8.64. The lowest BCUT2D eigenvalue weighted by molar-refractivity contribution is -0.138. The highest BCUT2D eigenvalue weighted by molar-refractivity contribution is 7.89. The number of aliphatic carboxylic acids is 1. The minimum atomic E-state index is -3.13. The smallest absolute Gasteiger partial charge is 0.303 e. The lowest BCUT2D eigenvalue weighted by Crippen LogP contribution is -2.38. The van der Waals surface area contributed by atoms with Crippen LogP contribution in [0.1, 0.15) is 39.0 Å². The molecule has 0 amide bonds. The highest BCUT2D eigenvalue weighted by atomic mass is 32.2. The van der Waals surface area contributed by atoms with Crippen LogP contribution in [0.4, 0.5) is 0 Å². The van der Waals surface area contributed by atoms with Crippen LogP contribution in [0.15, 0.2) is 0 Å². The number of carboxylic acid groups (broad SMARTS) is 1. The molecule has 6 heteroatoms. The molecule has 1 rings (SSSR count). The molecule has 0 spiro atoms. The molecule has 0 atom stereocenters. The summed E-state index contributed by atoms with van der Waals surface area (Å²) in [5.41, 5.74) is 0. The Morgan fingerprint density at radius 1 is 1.31 bits per heavy atom. The summed E-state index contributed by atoms with van der Waals surface area (Å²) in [6.45, 7) is 1.61. The summed E-state index contributed by atoms with van der Waals surface area (Å²) in [6, 6.07) is -0.00463. The molecule has 0 bridgehead atoms. The predicted molar refractivity (Wildman–Crippen MR) is 60.6 cm³/mol. The van der Waals surface area contributed by atoms with Crippen LogP contribution in [-0.4, -0.2) is 31.3 Å². The summed E-state index contributed by atoms with van der Waals surface area (Å²) in [7, 11) is -3.13. The molecule has 0 aromatic rings. The monoisotopic (exact) mass is 249 g/mol. The van der Waals surface area contributed by atoms with Crippen molar-refractivity contribution in [3.63, 3.8) is 0 Å². The number of carboxylic acids is 1. The van der Waals surface area contributed by atoms with Gasteiger partial charge in [0.05, 0.1) is 5.75 Å². The first kappa shape index (κ1) is 13.4. The van der Waals surface area contributed by atoms with Crippen LogP contribution in [0.5, 0.6) is 0 Å². The van der Waals surface area contributed by atoms with Gasteiger partial charge in [-0.1, -0.05) is 0 Å². The fourth-order valence-corrected chi connectivity index (χ4v) is 2.98. The molecule has 1 fully saturated rings. The molecule has 94 valence electrons. The number of sulfonamides is 1. The average Bonchev–Trinajstić information content (AvgIpc) is 2.20. The molecule has 0 aromatic carbocycles. The quantitative estimate of drug-likeness (QED) is 0.760. The molecule has 1 aliphatic carbocycles. The van der Waals surface area contributed by atoms with Gasteiger partial charge in [0.2, 0.25) is 10.0 Å². The van der Waals surface area contributed by atoms with Gasteiger partial charge in [-0.15, -0.1) is 0 Å². The van der Waals surface area contributed by atoms with E-state index in [0.29, 0.717) is 0 Å². The number of hydrogen-bond donors (Lipinski definition) is 2. The zero-order chi connectivity index (χ0) is 12.2. The maximum absolute atomic E-state index is 11.3. The first-order valence-electron chi connectivity index (χ1n) is 5.64. The fourth-order valence-electron chi connectivity index (χ4n) is 2.07. The normalized spacial score (nSPS) is 26.6. The van der Waals surface area contributed by atoms with Gasteiger partial charge in [-0.05, 0) is 38.5 Å². The maximum atomic E-state index is 11.3. The molecule has 0 unspecified atom stereocenters. The molecule has 2 N–H and O–H groups in total. The minimum absolute atomic E-state index is 0.00463. The first-order valence-corrected chi connectivity index (χ1v) is 7.30. The number of carbonyl (C=O) groups is 1.